The lowest BCUT2D eigenvalue weighted by molar-refractivity contribution is 0.102. The number of benzene rings is 1. The minimum atomic E-state index is 0.124. The molecule has 2 rings (SSSR count). The van der Waals surface area contributed by atoms with Gasteiger partial charge >= 0.3 is 0 Å². The molecule has 1 aromatic carbocycles. The normalized spacial score (nSPS) is 10.5. The summed E-state index contributed by atoms with van der Waals surface area (Å²) in [5.74, 6) is 0.536. The molecule has 0 aliphatic carbocycles. The molecule has 0 unspecified atom stereocenters. The molecule has 2 aromatic rings. The van der Waals surface area contributed by atoms with E-state index in [1.54, 1.807) is 0 Å². The summed E-state index contributed by atoms with van der Waals surface area (Å²) < 4.78 is 1.98. The van der Waals surface area contributed by atoms with Crippen molar-refractivity contribution in [3.63, 3.8) is 0 Å². The van der Waals surface area contributed by atoms with Gasteiger partial charge in [0, 0.05) is 9.13 Å². The molecule has 0 fully saturated rings. The summed E-state index contributed by atoms with van der Waals surface area (Å²) in [6.45, 7) is 1.91. The van der Waals surface area contributed by atoms with Crippen molar-refractivity contribution in [1.82, 2.24) is 10.2 Å². The number of Topliss-reactive ketones (excluding diaryl/α,β-unsaturated/α-hetero) is 1. The number of ketones is 1. The Kier molecular flexibility index (Phi) is 4.52. The van der Waals surface area contributed by atoms with Gasteiger partial charge in [-0.25, -0.2) is 0 Å². The van der Waals surface area contributed by atoms with Crippen LogP contribution in [0.25, 0.3) is 0 Å². The Morgan fingerprint density at radius 1 is 1.35 bits per heavy atom. The smallest absolute Gasteiger partial charge is 0.174 e. The van der Waals surface area contributed by atoms with E-state index in [2.05, 4.69) is 32.8 Å². The van der Waals surface area contributed by atoms with E-state index in [9.17, 15) is 4.79 Å². The standard InChI is InChI=1S/C11H9IN2OS2/c1-7-13-14-11(17-7)16-6-10(15)8-2-4-9(12)5-3-8/h2-5H,6H2,1H3. The maximum atomic E-state index is 11.9. The first-order valence-electron chi connectivity index (χ1n) is 4.87. The number of carbonyl (C=O) groups is 1. The lowest BCUT2D eigenvalue weighted by Crippen LogP contribution is -2.01. The fourth-order valence-corrected chi connectivity index (χ4v) is 3.25. The van der Waals surface area contributed by atoms with Crippen LogP contribution in [0.15, 0.2) is 28.6 Å². The van der Waals surface area contributed by atoms with Crippen molar-refractivity contribution >= 4 is 51.5 Å². The Morgan fingerprint density at radius 3 is 2.65 bits per heavy atom. The molecule has 0 atom stereocenters. The summed E-state index contributed by atoms with van der Waals surface area (Å²) in [5.41, 5.74) is 0.749. The number of hydrogen-bond donors (Lipinski definition) is 0. The van der Waals surface area contributed by atoms with E-state index in [0.717, 1.165) is 18.5 Å². The van der Waals surface area contributed by atoms with Gasteiger partial charge in [0.15, 0.2) is 10.1 Å². The topological polar surface area (TPSA) is 42.9 Å². The highest BCUT2D eigenvalue weighted by Gasteiger charge is 2.08. The Labute approximate surface area is 121 Å². The zero-order chi connectivity index (χ0) is 12.3. The third kappa shape index (κ3) is 3.75. The maximum absolute atomic E-state index is 11.9. The number of hydrogen-bond acceptors (Lipinski definition) is 5. The van der Waals surface area contributed by atoms with Crippen LogP contribution < -0.4 is 0 Å². The predicted molar refractivity (Wildman–Crippen MR) is 78.9 cm³/mol. The van der Waals surface area contributed by atoms with Crippen LogP contribution in [0.4, 0.5) is 0 Å². The van der Waals surface area contributed by atoms with Gasteiger partial charge in [0.25, 0.3) is 0 Å². The molecule has 0 aliphatic heterocycles. The molecule has 0 aliphatic rings. The van der Waals surface area contributed by atoms with Gasteiger partial charge in [0.1, 0.15) is 5.01 Å². The first-order chi connectivity index (χ1) is 8.15. The van der Waals surface area contributed by atoms with Gasteiger partial charge < -0.3 is 0 Å². The lowest BCUT2D eigenvalue weighted by Gasteiger charge is -1.99. The zero-order valence-electron chi connectivity index (χ0n) is 9.01. The van der Waals surface area contributed by atoms with Gasteiger partial charge in [-0.3, -0.25) is 4.79 Å². The number of thioether (sulfide) groups is 1. The summed E-state index contributed by atoms with van der Waals surface area (Å²) in [5, 5.41) is 8.81. The maximum Gasteiger partial charge on any atom is 0.174 e. The zero-order valence-corrected chi connectivity index (χ0v) is 12.8. The molecule has 0 spiro atoms. The van der Waals surface area contributed by atoms with Crippen LogP contribution in [-0.2, 0) is 0 Å². The highest BCUT2D eigenvalue weighted by molar-refractivity contribution is 14.1. The fourth-order valence-electron chi connectivity index (χ4n) is 1.18. The van der Waals surface area contributed by atoms with Crippen molar-refractivity contribution in [1.29, 1.82) is 0 Å². The van der Waals surface area contributed by atoms with Crippen molar-refractivity contribution in [3.8, 4) is 0 Å². The van der Waals surface area contributed by atoms with Crippen molar-refractivity contribution in [3.05, 3.63) is 38.4 Å². The molecule has 17 heavy (non-hydrogen) atoms. The molecule has 0 saturated heterocycles. The van der Waals surface area contributed by atoms with E-state index in [-0.39, 0.29) is 5.78 Å². The van der Waals surface area contributed by atoms with Gasteiger partial charge in [-0.15, -0.1) is 10.2 Å². The van der Waals surface area contributed by atoms with Crippen LogP contribution in [0, 0.1) is 10.5 Å². The van der Waals surface area contributed by atoms with E-state index in [0.29, 0.717) is 5.75 Å². The van der Waals surface area contributed by atoms with Crippen molar-refractivity contribution in [2.45, 2.75) is 11.3 Å². The highest BCUT2D eigenvalue weighted by Crippen LogP contribution is 2.22. The quantitative estimate of drug-likeness (QED) is 0.466. The number of aryl methyl sites for hydroxylation is 1. The largest absolute Gasteiger partial charge is 0.293 e. The number of halogens is 1. The molecular formula is C11H9IN2OS2. The van der Waals surface area contributed by atoms with E-state index < -0.39 is 0 Å². The third-order valence-electron chi connectivity index (χ3n) is 2.00. The van der Waals surface area contributed by atoms with Crippen molar-refractivity contribution < 1.29 is 4.79 Å². The van der Waals surface area contributed by atoms with Crippen LogP contribution in [0.2, 0.25) is 0 Å². The van der Waals surface area contributed by atoms with Gasteiger partial charge in [-0.1, -0.05) is 35.2 Å². The molecule has 1 heterocycles. The average Bonchev–Trinajstić information content (AvgIpc) is 2.73. The van der Waals surface area contributed by atoms with E-state index in [1.807, 2.05) is 31.2 Å². The Hall–Kier alpha value is -0.470. The average molecular weight is 376 g/mol. The number of rotatable bonds is 4. The van der Waals surface area contributed by atoms with Gasteiger partial charge in [-0.2, -0.15) is 0 Å². The van der Waals surface area contributed by atoms with Gasteiger partial charge in [-0.05, 0) is 41.6 Å². The van der Waals surface area contributed by atoms with E-state index >= 15 is 0 Å². The molecule has 0 saturated carbocycles. The highest BCUT2D eigenvalue weighted by atomic mass is 127. The minimum Gasteiger partial charge on any atom is -0.293 e. The van der Waals surface area contributed by atoms with Crippen LogP contribution in [0.1, 0.15) is 15.4 Å². The fraction of sp³-hybridized carbons (Fsp3) is 0.182. The Balaban J connectivity index is 1.95. The third-order valence-corrected chi connectivity index (χ3v) is 4.69. The summed E-state index contributed by atoms with van der Waals surface area (Å²) >= 11 is 5.18. The molecule has 0 N–H and O–H groups in total. The number of aromatic nitrogens is 2. The second-order valence-electron chi connectivity index (χ2n) is 3.31. The van der Waals surface area contributed by atoms with Crippen molar-refractivity contribution in [2.24, 2.45) is 0 Å². The Bertz CT molecular complexity index is 525. The first-order valence-corrected chi connectivity index (χ1v) is 7.75. The summed E-state index contributed by atoms with van der Waals surface area (Å²) in [7, 11) is 0. The minimum absolute atomic E-state index is 0.124. The molecule has 3 nitrogen and oxygen atoms in total. The van der Waals surface area contributed by atoms with Crippen LogP contribution in [0.3, 0.4) is 0 Å². The first kappa shape index (κ1) is 13.0. The molecule has 6 heteroatoms. The van der Waals surface area contributed by atoms with Crippen LogP contribution in [-0.4, -0.2) is 21.7 Å². The molecule has 1 aromatic heterocycles. The summed E-state index contributed by atoms with van der Waals surface area (Å²) in [4.78, 5) is 11.9. The second-order valence-corrected chi connectivity index (χ2v) is 6.96. The van der Waals surface area contributed by atoms with Crippen molar-refractivity contribution in [2.75, 3.05) is 5.75 Å². The van der Waals surface area contributed by atoms with Crippen LogP contribution in [0.5, 0.6) is 0 Å². The van der Waals surface area contributed by atoms with Gasteiger partial charge in [0.2, 0.25) is 0 Å². The van der Waals surface area contributed by atoms with E-state index in [4.69, 9.17) is 0 Å². The molecule has 0 radical (unpaired) electrons. The number of carbonyl (C=O) groups excluding carboxylic acids is 1. The predicted octanol–water partition coefficient (Wildman–Crippen LogP) is 3.43. The molecule has 88 valence electrons. The lowest BCUT2D eigenvalue weighted by atomic mass is 10.2. The monoisotopic (exact) mass is 376 g/mol. The van der Waals surface area contributed by atoms with E-state index in [1.165, 1.54) is 23.1 Å². The molecule has 0 amide bonds. The second kappa shape index (κ2) is 5.92. The van der Waals surface area contributed by atoms with Crippen LogP contribution >= 0.6 is 45.7 Å². The summed E-state index contributed by atoms with van der Waals surface area (Å²) in [6.07, 6.45) is 0. The molecular weight excluding hydrogens is 367 g/mol. The number of nitrogens with zero attached hydrogens (tertiary/aromatic N) is 2. The Morgan fingerprint density at radius 2 is 2.06 bits per heavy atom. The van der Waals surface area contributed by atoms with Gasteiger partial charge in [0.05, 0.1) is 5.75 Å². The molecule has 0 bridgehead atoms. The SMILES string of the molecule is Cc1nnc(SCC(=O)c2ccc(I)cc2)s1. The summed E-state index contributed by atoms with van der Waals surface area (Å²) in [6, 6.07) is 7.59.